The second kappa shape index (κ2) is 49.7. The van der Waals surface area contributed by atoms with Gasteiger partial charge in [-0.1, -0.05) is 194 Å². The third kappa shape index (κ3) is 36.0. The van der Waals surface area contributed by atoms with E-state index >= 15 is 0 Å². The molecule has 9 atom stereocenters. The van der Waals surface area contributed by atoms with Crippen molar-refractivity contribution in [3.05, 3.63) is 229 Å². The SMILES string of the molecule is C.C=C(CC)c1ccc(C)cc1C.CC(C)(C)C1CC(c2ccc(F)cc2F)[C@H](C(=O)O)C1.CC(C)(C)N(CCC#N)C[C@@H](O)c1ccc(F)cc1F.CC[C@@H](C)c1ccc(C)cc1C.Cc1ccc([C@H](C)CCC(C)(C)C)c(C)c1.[C-]#[N+]C1CC(C(C)(C)C)C[C@H]1c1ccc(F)cc1F.[W].[W].[W].[W].[W]. The van der Waals surface area contributed by atoms with Crippen LogP contribution >= 0.6 is 0 Å². The van der Waals surface area contributed by atoms with Crippen molar-refractivity contribution < 1.29 is 147 Å². The number of nitriles is 1. The van der Waals surface area contributed by atoms with Crippen molar-refractivity contribution in [2.75, 3.05) is 13.1 Å². The number of β-amino-alcohol motifs (C(OH)–C–C–N with tert-alkyl or cyclic N) is 1. The Labute approximate surface area is 702 Å². The molecule has 2 aliphatic rings. The molecular weight excluding hydrogens is 2180 g/mol. The van der Waals surface area contributed by atoms with Gasteiger partial charge in [0.25, 0.3) is 0 Å². The van der Waals surface area contributed by atoms with E-state index in [4.69, 9.17) is 11.8 Å². The summed E-state index contributed by atoms with van der Waals surface area (Å²) in [5.41, 5.74) is 15.0. The molecule has 0 saturated heterocycles. The van der Waals surface area contributed by atoms with E-state index in [1.807, 2.05) is 25.7 Å². The number of benzene rings is 6. The van der Waals surface area contributed by atoms with Gasteiger partial charge in [0.15, 0.2) is 0 Å². The van der Waals surface area contributed by atoms with Crippen LogP contribution in [-0.4, -0.2) is 45.8 Å². The number of carbonyl (C=O) groups is 1. The maximum atomic E-state index is 13.9. The quantitative estimate of drug-likeness (QED) is 0.0790. The maximum absolute atomic E-state index is 13.9. The Bertz CT molecular complexity index is 3680. The van der Waals surface area contributed by atoms with Crippen LogP contribution in [-0.2, 0) is 110 Å². The molecule has 6 aromatic rings. The van der Waals surface area contributed by atoms with E-state index in [0.29, 0.717) is 60.1 Å². The summed E-state index contributed by atoms with van der Waals surface area (Å²) in [4.78, 5) is 17.0. The summed E-state index contributed by atoms with van der Waals surface area (Å²) in [6, 6.07) is 32.2. The number of allylic oxidation sites excluding steroid dienone is 1. The Morgan fingerprint density at radius 3 is 1.38 bits per heavy atom. The Morgan fingerprint density at radius 1 is 0.590 bits per heavy atom. The molecular formula is C88H123F6N3O3W5. The number of aliphatic carboxylic acids is 1. The normalized spacial score (nSPS) is 17.3. The fourth-order valence-corrected chi connectivity index (χ4v) is 13.3. The minimum Gasteiger partial charge on any atom is -0.481 e. The Balaban J connectivity index is -0.000000582. The van der Waals surface area contributed by atoms with Crippen molar-refractivity contribution in [2.24, 2.45) is 34.0 Å². The van der Waals surface area contributed by atoms with Gasteiger partial charge in [0.2, 0.25) is 6.04 Å². The average molecular weight is 2300 g/mol. The summed E-state index contributed by atoms with van der Waals surface area (Å²) < 4.78 is 80.3. The smallest absolute Gasteiger partial charge is 0.307 e. The second-order valence-corrected chi connectivity index (χ2v) is 32.3. The molecule has 6 aromatic carbocycles. The molecule has 0 heterocycles. The molecule has 2 N–H and O–H groups in total. The minimum absolute atomic E-state index is 0. The molecule has 8 rings (SSSR count). The molecule has 105 heavy (non-hydrogen) atoms. The Morgan fingerprint density at radius 2 is 1.00 bits per heavy atom. The van der Waals surface area contributed by atoms with Crippen LogP contribution in [0.25, 0.3) is 10.4 Å². The molecule has 2 aliphatic carbocycles. The van der Waals surface area contributed by atoms with Gasteiger partial charge >= 0.3 is 5.97 Å². The van der Waals surface area contributed by atoms with Gasteiger partial charge < -0.3 is 15.1 Å². The fourth-order valence-electron chi connectivity index (χ4n) is 13.3. The van der Waals surface area contributed by atoms with Crippen LogP contribution < -0.4 is 0 Å². The van der Waals surface area contributed by atoms with E-state index in [0.717, 1.165) is 43.5 Å². The minimum atomic E-state index is -1.06. The molecule has 0 bridgehead atoms. The number of carboxylic acids is 1. The molecule has 0 spiro atoms. The van der Waals surface area contributed by atoms with Crippen LogP contribution in [0.15, 0.2) is 116 Å². The van der Waals surface area contributed by atoms with Gasteiger partial charge in [-0.3, -0.25) is 9.69 Å². The van der Waals surface area contributed by atoms with E-state index < -0.39 is 52.9 Å². The van der Waals surface area contributed by atoms with Gasteiger partial charge in [0.1, 0.15) is 34.9 Å². The predicted octanol–water partition coefficient (Wildman–Crippen LogP) is 25.4. The molecule has 2 fully saturated rings. The van der Waals surface area contributed by atoms with Gasteiger partial charge in [0, 0.05) is 166 Å². The number of halogens is 6. The van der Waals surface area contributed by atoms with Crippen molar-refractivity contribution in [3.8, 4) is 6.07 Å². The van der Waals surface area contributed by atoms with Gasteiger partial charge in [0.05, 0.1) is 24.0 Å². The molecule has 0 aliphatic heterocycles. The summed E-state index contributed by atoms with van der Waals surface area (Å²) >= 11 is 0. The van der Waals surface area contributed by atoms with E-state index in [-0.39, 0.29) is 165 Å². The van der Waals surface area contributed by atoms with Crippen LogP contribution in [0.2, 0.25) is 0 Å². The van der Waals surface area contributed by atoms with Crippen LogP contribution in [0.3, 0.4) is 0 Å². The second-order valence-electron chi connectivity index (χ2n) is 32.3. The summed E-state index contributed by atoms with van der Waals surface area (Å²) in [5, 5.41) is 28.2. The number of aryl methyl sites for hydroxylation is 6. The third-order valence-corrected chi connectivity index (χ3v) is 19.9. The number of nitrogens with zero attached hydrogens (tertiary/aromatic N) is 3. The van der Waals surface area contributed by atoms with E-state index in [9.17, 15) is 41.4 Å². The van der Waals surface area contributed by atoms with Crippen LogP contribution in [0, 0.1) is 128 Å². The molecule has 0 radical (unpaired) electrons. The van der Waals surface area contributed by atoms with E-state index in [1.165, 1.54) is 105 Å². The average Bonchev–Trinajstić information content (AvgIpc) is 1.66. The van der Waals surface area contributed by atoms with Crippen LogP contribution in [0.1, 0.15) is 273 Å². The first kappa shape index (κ1) is 108. The zero-order chi connectivity index (χ0) is 75.2. The van der Waals surface area contributed by atoms with Gasteiger partial charge in [-0.15, -0.1) is 0 Å². The third-order valence-electron chi connectivity index (χ3n) is 19.9. The van der Waals surface area contributed by atoms with Crippen molar-refractivity contribution in [3.63, 3.8) is 0 Å². The number of rotatable bonds is 15. The standard InChI is InChI=1S/C16H19F2N.C16H20F2O2.C16H26.C15H20F2N2O.C12H18.C12H16.CH4.5W/c1-16(2,3)10-7-13(15(8-10)19-4)12-6-5-11(17)9-14(12)18;1-16(2,3)9-6-12(13(7-9)15(19)20)11-5-4-10(17)8-14(11)18;1-12-7-8-15(14(3)11-12)13(2)9-10-16(4,5)6;1-15(2,3)19(8-4-7-18)10-14(20)12-6-5-11(16)9-13(12)17;2*1-5-10(3)12-7-6-9(2)8-11(12)4;;;;;;/h5-6,9-10,13,15H,7-8H2,1-3H3;4-5,8-9,12-13H,6-7H2,1-3H3,(H,19,20);7-8,11,13H,9-10H2,1-6H3;5-6,9,14,20H,4,8,10H2,1-3H3;6-8,10H,5H2,1-4H3;6-8H,3,5H2,1-2,4H3;1H4;;;;;/t10?,13-,15?;9?,12?,13-;13-;14-;10-;;;;;;;/m01111......./s1. The molecule has 17 heteroatoms. The summed E-state index contributed by atoms with van der Waals surface area (Å²) in [5.74, 6) is -3.77. The van der Waals surface area contributed by atoms with Gasteiger partial charge in [-0.2, -0.15) is 5.26 Å². The first-order valence-electron chi connectivity index (χ1n) is 35.5. The van der Waals surface area contributed by atoms with Crippen LogP contribution in [0.4, 0.5) is 26.3 Å². The first-order chi connectivity index (χ1) is 45.9. The predicted molar refractivity (Wildman–Crippen MR) is 407 cm³/mol. The Hall–Kier alpha value is -3.55. The zero-order valence-corrected chi connectivity index (χ0v) is 80.7. The van der Waals surface area contributed by atoms with Crippen molar-refractivity contribution in [1.82, 2.24) is 4.90 Å². The van der Waals surface area contributed by atoms with Crippen molar-refractivity contribution in [2.45, 2.75) is 259 Å². The summed E-state index contributed by atoms with van der Waals surface area (Å²) in [7, 11) is 0. The fraction of sp³-hybridized carbons (Fsp3) is 0.534. The molecule has 0 amide bonds. The first-order valence-corrected chi connectivity index (χ1v) is 35.5. The number of hydrogen-bond donors (Lipinski definition) is 2. The van der Waals surface area contributed by atoms with Crippen LogP contribution in [0.5, 0.6) is 0 Å². The van der Waals surface area contributed by atoms with Gasteiger partial charge in [-0.05, 0) is 215 Å². The molecule has 6 nitrogen and oxygen atoms in total. The molecule has 580 valence electrons. The topological polar surface area (TPSA) is 88.9 Å². The largest absolute Gasteiger partial charge is 0.481 e. The van der Waals surface area contributed by atoms with Gasteiger partial charge in [-0.25, -0.2) is 32.9 Å². The summed E-state index contributed by atoms with van der Waals surface area (Å²) in [6.07, 6.45) is 6.88. The van der Waals surface area contributed by atoms with E-state index in [1.54, 1.807) is 0 Å². The van der Waals surface area contributed by atoms with E-state index in [2.05, 4.69) is 204 Å². The maximum Gasteiger partial charge on any atom is 0.307 e. The number of hydrogen-bond acceptors (Lipinski definition) is 4. The number of aliphatic hydroxyl groups is 1. The molecule has 4 unspecified atom stereocenters. The summed E-state index contributed by atoms with van der Waals surface area (Å²) in [6.45, 7) is 59.6. The molecule has 2 saturated carbocycles. The number of aliphatic hydroxyl groups excluding tert-OH is 1. The number of carboxylic acid groups (broad SMARTS) is 1. The molecule has 0 aromatic heterocycles. The van der Waals surface area contributed by atoms with Crippen molar-refractivity contribution >= 4 is 11.5 Å². The monoisotopic (exact) mass is 2300 g/mol. The van der Waals surface area contributed by atoms with Crippen molar-refractivity contribution in [1.29, 1.82) is 5.26 Å². The Kier molecular flexibility index (Phi) is 51.0. The zero-order valence-electron chi connectivity index (χ0n) is 66.0.